The molecule has 6 heteroatoms. The van der Waals surface area contributed by atoms with Crippen LogP contribution in [-0.2, 0) is 11.3 Å². The molecule has 1 aromatic rings. The molecule has 1 aromatic heterocycles. The number of hydrogen-bond acceptors (Lipinski definition) is 4. The lowest BCUT2D eigenvalue weighted by Crippen LogP contribution is -2.38. The Kier molecular flexibility index (Phi) is 8.14. The summed E-state index contributed by atoms with van der Waals surface area (Å²) in [5.41, 5.74) is 1.09. The normalized spacial score (nSPS) is 11.2. The average molecular weight is 280 g/mol. The maximum absolute atomic E-state index is 5.37. The van der Waals surface area contributed by atoms with Gasteiger partial charge in [0.2, 0.25) is 5.88 Å². The Hall–Kier alpha value is -1.82. The molecule has 20 heavy (non-hydrogen) atoms. The van der Waals surface area contributed by atoms with E-state index in [1.54, 1.807) is 13.2 Å². The van der Waals surface area contributed by atoms with Crippen LogP contribution in [0.1, 0.15) is 19.4 Å². The van der Waals surface area contributed by atoms with Crippen LogP contribution in [0.3, 0.4) is 0 Å². The Bertz CT molecular complexity index is 410. The van der Waals surface area contributed by atoms with Crippen molar-refractivity contribution in [2.24, 2.45) is 4.99 Å². The Morgan fingerprint density at radius 1 is 1.30 bits per heavy atom. The second-order valence-electron chi connectivity index (χ2n) is 3.98. The summed E-state index contributed by atoms with van der Waals surface area (Å²) in [6.45, 7) is 7.32. The summed E-state index contributed by atoms with van der Waals surface area (Å²) in [6, 6.07) is 3.87. The summed E-state index contributed by atoms with van der Waals surface area (Å²) in [7, 11) is 1.74. The van der Waals surface area contributed by atoms with E-state index in [0.29, 0.717) is 25.6 Å². The van der Waals surface area contributed by atoms with Crippen LogP contribution in [0.2, 0.25) is 0 Å². The molecular formula is C14H24N4O2. The number of nitrogens with one attached hydrogen (secondary N) is 2. The summed E-state index contributed by atoms with van der Waals surface area (Å²) < 4.78 is 10.6. The molecule has 1 rings (SSSR count). The van der Waals surface area contributed by atoms with Crippen molar-refractivity contribution in [1.29, 1.82) is 0 Å². The SMILES string of the molecule is CCOCCNC(=NC)NCc1ccnc(OCC)c1. The average Bonchev–Trinajstić information content (AvgIpc) is 2.47. The lowest BCUT2D eigenvalue weighted by Gasteiger charge is -2.12. The van der Waals surface area contributed by atoms with Crippen LogP contribution in [0.4, 0.5) is 0 Å². The summed E-state index contributed by atoms with van der Waals surface area (Å²) in [5, 5.41) is 6.41. The molecule has 1 heterocycles. The second-order valence-corrected chi connectivity index (χ2v) is 3.98. The third kappa shape index (κ3) is 6.38. The van der Waals surface area contributed by atoms with Gasteiger partial charge in [-0.1, -0.05) is 0 Å². The zero-order valence-electron chi connectivity index (χ0n) is 12.5. The maximum Gasteiger partial charge on any atom is 0.213 e. The highest BCUT2D eigenvalue weighted by Gasteiger charge is 2.00. The third-order valence-corrected chi connectivity index (χ3v) is 2.52. The highest BCUT2D eigenvalue weighted by Crippen LogP contribution is 2.08. The fraction of sp³-hybridized carbons (Fsp3) is 0.571. The van der Waals surface area contributed by atoms with Crippen LogP contribution in [0.15, 0.2) is 23.3 Å². The van der Waals surface area contributed by atoms with E-state index in [2.05, 4.69) is 20.6 Å². The predicted molar refractivity (Wildman–Crippen MR) is 80.1 cm³/mol. The molecule has 0 atom stereocenters. The molecule has 0 spiro atoms. The number of pyridine rings is 1. The summed E-state index contributed by atoms with van der Waals surface area (Å²) >= 11 is 0. The van der Waals surface area contributed by atoms with E-state index in [-0.39, 0.29) is 0 Å². The van der Waals surface area contributed by atoms with Crippen molar-refractivity contribution in [2.45, 2.75) is 20.4 Å². The first-order chi connectivity index (χ1) is 9.80. The van der Waals surface area contributed by atoms with E-state index in [1.807, 2.05) is 26.0 Å². The number of ether oxygens (including phenoxy) is 2. The van der Waals surface area contributed by atoms with Crippen LogP contribution in [0.25, 0.3) is 0 Å². The lowest BCUT2D eigenvalue weighted by molar-refractivity contribution is 0.152. The molecule has 0 saturated heterocycles. The zero-order chi connectivity index (χ0) is 14.6. The molecule has 0 radical (unpaired) electrons. The molecule has 6 nitrogen and oxygen atoms in total. The van der Waals surface area contributed by atoms with Crippen molar-refractivity contribution in [3.05, 3.63) is 23.9 Å². The summed E-state index contributed by atoms with van der Waals surface area (Å²) in [6.07, 6.45) is 1.74. The number of nitrogens with zero attached hydrogens (tertiary/aromatic N) is 2. The van der Waals surface area contributed by atoms with Crippen molar-refractivity contribution in [3.8, 4) is 5.88 Å². The van der Waals surface area contributed by atoms with E-state index in [9.17, 15) is 0 Å². The van der Waals surface area contributed by atoms with Crippen molar-refractivity contribution in [2.75, 3.05) is 33.4 Å². The van der Waals surface area contributed by atoms with Gasteiger partial charge < -0.3 is 20.1 Å². The van der Waals surface area contributed by atoms with Gasteiger partial charge in [-0.05, 0) is 25.5 Å². The van der Waals surface area contributed by atoms with Gasteiger partial charge in [-0.3, -0.25) is 4.99 Å². The smallest absolute Gasteiger partial charge is 0.213 e. The molecule has 0 unspecified atom stereocenters. The minimum atomic E-state index is 0.616. The minimum Gasteiger partial charge on any atom is -0.478 e. The molecule has 0 bridgehead atoms. The van der Waals surface area contributed by atoms with Crippen LogP contribution in [0, 0.1) is 0 Å². The van der Waals surface area contributed by atoms with Gasteiger partial charge in [0.05, 0.1) is 13.2 Å². The Morgan fingerprint density at radius 3 is 2.85 bits per heavy atom. The number of hydrogen-bond donors (Lipinski definition) is 2. The number of aliphatic imine (C=N–C) groups is 1. The van der Waals surface area contributed by atoms with Crippen molar-refractivity contribution in [1.82, 2.24) is 15.6 Å². The lowest BCUT2D eigenvalue weighted by atomic mass is 10.2. The van der Waals surface area contributed by atoms with E-state index in [1.165, 1.54) is 0 Å². The highest BCUT2D eigenvalue weighted by atomic mass is 16.5. The minimum absolute atomic E-state index is 0.616. The van der Waals surface area contributed by atoms with Gasteiger partial charge in [-0.15, -0.1) is 0 Å². The molecule has 0 fully saturated rings. The molecule has 112 valence electrons. The van der Waals surface area contributed by atoms with Crippen LogP contribution in [-0.4, -0.2) is 44.4 Å². The molecule has 2 N–H and O–H groups in total. The van der Waals surface area contributed by atoms with Crippen molar-refractivity contribution >= 4 is 5.96 Å². The first-order valence-electron chi connectivity index (χ1n) is 6.90. The monoisotopic (exact) mass is 280 g/mol. The van der Waals surface area contributed by atoms with E-state index in [0.717, 1.165) is 24.7 Å². The van der Waals surface area contributed by atoms with Crippen molar-refractivity contribution in [3.63, 3.8) is 0 Å². The van der Waals surface area contributed by atoms with Gasteiger partial charge in [-0.2, -0.15) is 0 Å². The van der Waals surface area contributed by atoms with Gasteiger partial charge in [0, 0.05) is 39.0 Å². The molecule has 0 aliphatic carbocycles. The fourth-order valence-corrected chi connectivity index (χ4v) is 1.58. The van der Waals surface area contributed by atoms with E-state index < -0.39 is 0 Å². The molecule has 0 saturated carbocycles. The quantitative estimate of drug-likeness (QED) is 0.425. The van der Waals surface area contributed by atoms with Crippen molar-refractivity contribution < 1.29 is 9.47 Å². The largest absolute Gasteiger partial charge is 0.478 e. The standard InChI is InChI=1S/C14H24N4O2/c1-4-19-9-8-17-14(15-3)18-11-12-6-7-16-13(10-12)20-5-2/h6-7,10H,4-5,8-9,11H2,1-3H3,(H2,15,17,18). The molecule has 0 aliphatic rings. The van der Waals surface area contributed by atoms with Gasteiger partial charge in [0.15, 0.2) is 5.96 Å². The Labute approximate surface area is 120 Å². The molecular weight excluding hydrogens is 256 g/mol. The topological polar surface area (TPSA) is 67.8 Å². The highest BCUT2D eigenvalue weighted by molar-refractivity contribution is 5.79. The number of guanidine groups is 1. The second kappa shape index (κ2) is 10.0. The first kappa shape index (κ1) is 16.2. The van der Waals surface area contributed by atoms with E-state index in [4.69, 9.17) is 9.47 Å². The molecule has 0 aliphatic heterocycles. The summed E-state index contributed by atoms with van der Waals surface area (Å²) in [5.74, 6) is 1.39. The first-order valence-corrected chi connectivity index (χ1v) is 6.90. The maximum atomic E-state index is 5.37. The Balaban J connectivity index is 2.38. The van der Waals surface area contributed by atoms with Crippen LogP contribution < -0.4 is 15.4 Å². The summed E-state index contributed by atoms with van der Waals surface area (Å²) in [4.78, 5) is 8.29. The van der Waals surface area contributed by atoms with Gasteiger partial charge in [0.25, 0.3) is 0 Å². The predicted octanol–water partition coefficient (Wildman–Crippen LogP) is 1.18. The molecule has 0 aromatic carbocycles. The van der Waals surface area contributed by atoms with Gasteiger partial charge in [0.1, 0.15) is 0 Å². The van der Waals surface area contributed by atoms with Crippen LogP contribution >= 0.6 is 0 Å². The fourth-order valence-electron chi connectivity index (χ4n) is 1.58. The van der Waals surface area contributed by atoms with Gasteiger partial charge >= 0.3 is 0 Å². The van der Waals surface area contributed by atoms with Crippen LogP contribution in [0.5, 0.6) is 5.88 Å². The van der Waals surface area contributed by atoms with Gasteiger partial charge in [-0.25, -0.2) is 4.98 Å². The van der Waals surface area contributed by atoms with E-state index >= 15 is 0 Å². The number of aromatic nitrogens is 1. The molecule has 0 amide bonds. The zero-order valence-corrected chi connectivity index (χ0v) is 12.5. The Morgan fingerprint density at radius 2 is 2.15 bits per heavy atom. The third-order valence-electron chi connectivity index (χ3n) is 2.52. The number of rotatable bonds is 8.